The third-order valence-electron chi connectivity index (χ3n) is 2.78. The van der Waals surface area contributed by atoms with Gasteiger partial charge in [-0.3, -0.25) is 0 Å². The Balaban J connectivity index is 1.87. The predicted molar refractivity (Wildman–Crippen MR) is 81.1 cm³/mol. The Bertz CT molecular complexity index is 524. The van der Waals surface area contributed by atoms with E-state index in [-0.39, 0.29) is 0 Å². The first-order valence-electron chi connectivity index (χ1n) is 6.59. The molecule has 0 aliphatic heterocycles. The molecule has 2 rings (SSSR count). The first-order chi connectivity index (χ1) is 9.19. The molecule has 0 spiro atoms. The minimum absolute atomic E-state index is 0.559. The second-order valence-corrected chi connectivity index (χ2v) is 5.82. The Morgan fingerprint density at radius 3 is 3.00 bits per heavy atom. The van der Waals surface area contributed by atoms with Crippen molar-refractivity contribution < 1.29 is 4.74 Å². The van der Waals surface area contributed by atoms with Crippen molar-refractivity contribution in [3.63, 3.8) is 0 Å². The van der Waals surface area contributed by atoms with Crippen LogP contribution in [0.15, 0.2) is 23.4 Å². The molecule has 0 saturated carbocycles. The summed E-state index contributed by atoms with van der Waals surface area (Å²) in [5.74, 6) is 1.92. The SMILES string of the molecule is COc1ccc2nc(SCCCNC(C)C)[nH]c2c1. The first kappa shape index (κ1) is 14.2. The largest absolute Gasteiger partial charge is 0.497 e. The van der Waals surface area contributed by atoms with Crippen molar-refractivity contribution in [2.75, 3.05) is 19.4 Å². The van der Waals surface area contributed by atoms with Gasteiger partial charge in [0.15, 0.2) is 5.16 Å². The van der Waals surface area contributed by atoms with Crippen LogP contribution in [0.2, 0.25) is 0 Å². The Morgan fingerprint density at radius 1 is 1.42 bits per heavy atom. The zero-order valence-electron chi connectivity index (χ0n) is 11.7. The van der Waals surface area contributed by atoms with Gasteiger partial charge in [-0.15, -0.1) is 0 Å². The lowest BCUT2D eigenvalue weighted by atomic mass is 10.3. The predicted octanol–water partition coefficient (Wildman–Crippen LogP) is 3.05. The summed E-state index contributed by atoms with van der Waals surface area (Å²) < 4.78 is 5.20. The van der Waals surface area contributed by atoms with Crippen LogP contribution in [-0.4, -0.2) is 35.4 Å². The van der Waals surface area contributed by atoms with Gasteiger partial charge in [-0.1, -0.05) is 25.6 Å². The Labute approximate surface area is 118 Å². The number of fused-ring (bicyclic) bond motifs is 1. The summed E-state index contributed by atoms with van der Waals surface area (Å²) in [5.41, 5.74) is 2.02. The minimum atomic E-state index is 0.559. The molecule has 2 aromatic rings. The number of aromatic nitrogens is 2. The number of imidazole rings is 1. The number of rotatable bonds is 7. The molecule has 1 heterocycles. The molecule has 0 saturated heterocycles. The fourth-order valence-corrected chi connectivity index (χ4v) is 2.62. The average Bonchev–Trinajstić information content (AvgIpc) is 2.79. The van der Waals surface area contributed by atoms with Gasteiger partial charge in [0.05, 0.1) is 18.1 Å². The molecule has 0 fully saturated rings. The fraction of sp³-hybridized carbons (Fsp3) is 0.500. The number of thioether (sulfide) groups is 1. The highest BCUT2D eigenvalue weighted by Gasteiger charge is 2.04. The summed E-state index contributed by atoms with van der Waals surface area (Å²) in [5, 5.41) is 4.39. The fourth-order valence-electron chi connectivity index (χ4n) is 1.79. The van der Waals surface area contributed by atoms with E-state index in [0.717, 1.165) is 40.7 Å². The topological polar surface area (TPSA) is 49.9 Å². The maximum Gasteiger partial charge on any atom is 0.166 e. The Hall–Kier alpha value is -1.20. The molecule has 0 bridgehead atoms. The molecule has 5 heteroatoms. The summed E-state index contributed by atoms with van der Waals surface area (Å²) in [4.78, 5) is 7.87. The number of H-pyrrole nitrogens is 1. The number of hydrogen-bond acceptors (Lipinski definition) is 4. The lowest BCUT2D eigenvalue weighted by molar-refractivity contribution is 0.415. The van der Waals surface area contributed by atoms with Crippen molar-refractivity contribution in [2.45, 2.75) is 31.5 Å². The van der Waals surface area contributed by atoms with E-state index in [0.29, 0.717) is 6.04 Å². The van der Waals surface area contributed by atoms with Crippen LogP contribution in [-0.2, 0) is 0 Å². The summed E-state index contributed by atoms with van der Waals surface area (Å²) in [6, 6.07) is 6.45. The lowest BCUT2D eigenvalue weighted by Crippen LogP contribution is -2.23. The monoisotopic (exact) mass is 279 g/mol. The molecule has 19 heavy (non-hydrogen) atoms. The minimum Gasteiger partial charge on any atom is -0.497 e. The molecule has 0 aliphatic rings. The molecule has 104 valence electrons. The van der Waals surface area contributed by atoms with Crippen molar-refractivity contribution >= 4 is 22.8 Å². The van der Waals surface area contributed by atoms with Gasteiger partial charge in [-0.25, -0.2) is 4.98 Å². The van der Waals surface area contributed by atoms with E-state index in [9.17, 15) is 0 Å². The maximum absolute atomic E-state index is 5.20. The van der Waals surface area contributed by atoms with E-state index < -0.39 is 0 Å². The van der Waals surface area contributed by atoms with Crippen molar-refractivity contribution in [1.82, 2.24) is 15.3 Å². The third kappa shape index (κ3) is 4.14. The first-order valence-corrected chi connectivity index (χ1v) is 7.57. The highest BCUT2D eigenvalue weighted by molar-refractivity contribution is 7.99. The summed E-state index contributed by atoms with van der Waals surface area (Å²) in [7, 11) is 1.68. The van der Waals surface area contributed by atoms with Crippen LogP contribution in [0.25, 0.3) is 11.0 Å². The normalized spacial score (nSPS) is 11.4. The van der Waals surface area contributed by atoms with Gasteiger partial charge >= 0.3 is 0 Å². The third-order valence-corrected chi connectivity index (χ3v) is 3.74. The Morgan fingerprint density at radius 2 is 2.26 bits per heavy atom. The van der Waals surface area contributed by atoms with E-state index in [4.69, 9.17) is 4.74 Å². The van der Waals surface area contributed by atoms with Crippen LogP contribution >= 0.6 is 11.8 Å². The van der Waals surface area contributed by atoms with Crippen LogP contribution in [0.5, 0.6) is 5.75 Å². The molecule has 1 aromatic heterocycles. The zero-order chi connectivity index (χ0) is 13.7. The molecule has 4 nitrogen and oxygen atoms in total. The molecular formula is C14H21N3OS. The second kappa shape index (κ2) is 6.82. The number of nitrogens with zero attached hydrogens (tertiary/aromatic N) is 1. The van der Waals surface area contributed by atoms with Gasteiger partial charge < -0.3 is 15.0 Å². The highest BCUT2D eigenvalue weighted by atomic mass is 32.2. The van der Waals surface area contributed by atoms with Crippen LogP contribution in [0.3, 0.4) is 0 Å². The number of aromatic amines is 1. The van der Waals surface area contributed by atoms with Crippen LogP contribution in [0.1, 0.15) is 20.3 Å². The van der Waals surface area contributed by atoms with Gasteiger partial charge in [0.1, 0.15) is 5.75 Å². The van der Waals surface area contributed by atoms with Crippen LogP contribution < -0.4 is 10.1 Å². The van der Waals surface area contributed by atoms with Crippen molar-refractivity contribution in [2.24, 2.45) is 0 Å². The summed E-state index contributed by atoms with van der Waals surface area (Å²) in [6.07, 6.45) is 1.14. The van der Waals surface area contributed by atoms with Crippen molar-refractivity contribution in [1.29, 1.82) is 0 Å². The van der Waals surface area contributed by atoms with Crippen LogP contribution in [0.4, 0.5) is 0 Å². The molecule has 2 N–H and O–H groups in total. The van der Waals surface area contributed by atoms with E-state index in [2.05, 4.69) is 29.1 Å². The van der Waals surface area contributed by atoms with Gasteiger partial charge in [-0.2, -0.15) is 0 Å². The number of ether oxygens (including phenoxy) is 1. The molecule has 0 atom stereocenters. The smallest absolute Gasteiger partial charge is 0.166 e. The molecule has 1 aromatic carbocycles. The summed E-state index contributed by atoms with van der Waals surface area (Å²) in [6.45, 7) is 5.39. The number of nitrogens with one attached hydrogen (secondary N) is 2. The van der Waals surface area contributed by atoms with E-state index in [1.54, 1.807) is 18.9 Å². The van der Waals surface area contributed by atoms with Crippen LogP contribution in [0, 0.1) is 0 Å². The number of hydrogen-bond donors (Lipinski definition) is 2. The van der Waals surface area contributed by atoms with Gasteiger partial charge in [0.2, 0.25) is 0 Å². The van der Waals surface area contributed by atoms with E-state index in [1.807, 2.05) is 18.2 Å². The molecule has 0 aliphatic carbocycles. The lowest BCUT2D eigenvalue weighted by Gasteiger charge is -2.06. The van der Waals surface area contributed by atoms with Crippen molar-refractivity contribution in [3.05, 3.63) is 18.2 Å². The maximum atomic E-state index is 5.20. The second-order valence-electron chi connectivity index (χ2n) is 4.74. The Kier molecular flexibility index (Phi) is 5.10. The number of benzene rings is 1. The average molecular weight is 279 g/mol. The standard InChI is InChI=1S/C14H21N3OS/c1-10(2)15-7-4-8-19-14-16-12-6-5-11(18-3)9-13(12)17-14/h5-6,9-10,15H,4,7-8H2,1-3H3,(H,16,17). The molecule has 0 amide bonds. The van der Waals surface area contributed by atoms with Gasteiger partial charge in [0, 0.05) is 17.9 Å². The van der Waals surface area contributed by atoms with Gasteiger partial charge in [0.25, 0.3) is 0 Å². The zero-order valence-corrected chi connectivity index (χ0v) is 12.5. The van der Waals surface area contributed by atoms with E-state index >= 15 is 0 Å². The van der Waals surface area contributed by atoms with Crippen molar-refractivity contribution in [3.8, 4) is 5.75 Å². The number of methoxy groups -OCH3 is 1. The van der Waals surface area contributed by atoms with Gasteiger partial charge in [-0.05, 0) is 25.1 Å². The molecule has 0 unspecified atom stereocenters. The quantitative estimate of drug-likeness (QED) is 0.604. The highest BCUT2D eigenvalue weighted by Crippen LogP contribution is 2.23. The molecular weight excluding hydrogens is 258 g/mol. The molecule has 0 radical (unpaired) electrons. The van der Waals surface area contributed by atoms with E-state index in [1.165, 1.54) is 0 Å². The summed E-state index contributed by atoms with van der Waals surface area (Å²) >= 11 is 1.76.